The first-order valence-corrected chi connectivity index (χ1v) is 9.16. The number of ether oxygens (including phenoxy) is 3. The van der Waals surface area contributed by atoms with Crippen molar-refractivity contribution in [3.05, 3.63) is 17.7 Å². The van der Waals surface area contributed by atoms with E-state index in [-0.39, 0.29) is 18.3 Å². The number of benzene rings is 1. The maximum absolute atomic E-state index is 12.1. The van der Waals surface area contributed by atoms with E-state index in [1.807, 2.05) is 12.1 Å². The molecule has 1 aromatic carbocycles. The molecule has 1 aliphatic rings. The fourth-order valence-corrected chi connectivity index (χ4v) is 3.09. The van der Waals surface area contributed by atoms with Crippen molar-refractivity contribution < 1.29 is 19.0 Å². The summed E-state index contributed by atoms with van der Waals surface area (Å²) in [5, 5.41) is 6.35. The summed E-state index contributed by atoms with van der Waals surface area (Å²) in [7, 11) is 4.76. The predicted octanol–water partition coefficient (Wildman–Crippen LogP) is 1.48. The summed E-state index contributed by atoms with van der Waals surface area (Å²) >= 11 is 0. The van der Waals surface area contributed by atoms with Crippen LogP contribution in [0, 0.1) is 0 Å². The fourth-order valence-electron chi connectivity index (χ4n) is 3.09. The van der Waals surface area contributed by atoms with E-state index in [2.05, 4.69) is 15.5 Å². The highest BCUT2D eigenvalue weighted by atomic mass is 35.5. The average molecular weight is 402 g/mol. The van der Waals surface area contributed by atoms with Gasteiger partial charge in [0.1, 0.15) is 0 Å². The zero-order chi connectivity index (χ0) is 18.8. The first-order chi connectivity index (χ1) is 12.7. The van der Waals surface area contributed by atoms with Crippen LogP contribution in [-0.2, 0) is 11.2 Å². The standard InChI is InChI=1S/C19H31N3O4.ClH/c1-24-16-13-15(14-17(25-2)19(16)26-3)5-6-18(23)21-7-4-10-22-11-8-20-9-12-22;/h13-14,20H,4-12H2,1-3H3,(H,21,23);1H. The summed E-state index contributed by atoms with van der Waals surface area (Å²) in [6.45, 7) is 6.05. The lowest BCUT2D eigenvalue weighted by atomic mass is 10.1. The van der Waals surface area contributed by atoms with Crippen LogP contribution in [-0.4, -0.2) is 71.4 Å². The number of carbonyl (C=O) groups excluding carboxylic acids is 1. The third-order valence-electron chi connectivity index (χ3n) is 4.55. The Bertz CT molecular complexity index is 555. The third-order valence-corrected chi connectivity index (χ3v) is 4.55. The van der Waals surface area contributed by atoms with E-state index in [1.165, 1.54) is 0 Å². The second-order valence-electron chi connectivity index (χ2n) is 6.33. The molecule has 2 rings (SSSR count). The highest BCUT2D eigenvalue weighted by Gasteiger charge is 2.14. The number of nitrogens with one attached hydrogen (secondary N) is 2. The van der Waals surface area contributed by atoms with Crippen LogP contribution in [0.3, 0.4) is 0 Å². The van der Waals surface area contributed by atoms with Gasteiger partial charge >= 0.3 is 0 Å². The molecule has 27 heavy (non-hydrogen) atoms. The van der Waals surface area contributed by atoms with Crippen LogP contribution in [0.2, 0.25) is 0 Å². The maximum Gasteiger partial charge on any atom is 0.220 e. The number of piperazine rings is 1. The van der Waals surface area contributed by atoms with Gasteiger partial charge < -0.3 is 29.7 Å². The molecule has 0 bridgehead atoms. The van der Waals surface area contributed by atoms with E-state index >= 15 is 0 Å². The largest absolute Gasteiger partial charge is 0.493 e. The summed E-state index contributed by atoms with van der Waals surface area (Å²) < 4.78 is 16.0. The number of hydrogen-bond donors (Lipinski definition) is 2. The van der Waals surface area contributed by atoms with Crippen molar-refractivity contribution in [1.29, 1.82) is 0 Å². The number of methoxy groups -OCH3 is 3. The van der Waals surface area contributed by atoms with Crippen LogP contribution in [0.15, 0.2) is 12.1 Å². The molecule has 0 aliphatic carbocycles. The van der Waals surface area contributed by atoms with Gasteiger partial charge in [-0.05, 0) is 37.1 Å². The van der Waals surface area contributed by atoms with Gasteiger partial charge in [0.15, 0.2) is 11.5 Å². The molecule has 1 fully saturated rings. The van der Waals surface area contributed by atoms with Gasteiger partial charge in [0.25, 0.3) is 0 Å². The highest BCUT2D eigenvalue weighted by molar-refractivity contribution is 5.85. The molecule has 0 saturated carbocycles. The predicted molar refractivity (Wildman–Crippen MR) is 109 cm³/mol. The molecule has 0 radical (unpaired) electrons. The minimum absolute atomic E-state index is 0. The van der Waals surface area contributed by atoms with E-state index in [0.29, 0.717) is 30.1 Å². The van der Waals surface area contributed by atoms with Gasteiger partial charge in [0, 0.05) is 39.1 Å². The molecule has 2 N–H and O–H groups in total. The van der Waals surface area contributed by atoms with E-state index in [0.717, 1.165) is 51.3 Å². The smallest absolute Gasteiger partial charge is 0.220 e. The van der Waals surface area contributed by atoms with Crippen LogP contribution in [0.4, 0.5) is 0 Å². The molecular weight excluding hydrogens is 370 g/mol. The Morgan fingerprint density at radius 1 is 1.11 bits per heavy atom. The van der Waals surface area contributed by atoms with Crippen molar-refractivity contribution in [2.75, 3.05) is 60.6 Å². The number of rotatable bonds is 10. The first kappa shape index (κ1) is 23.3. The zero-order valence-corrected chi connectivity index (χ0v) is 17.3. The Hall–Kier alpha value is -1.70. The fraction of sp³-hybridized carbons (Fsp3) is 0.632. The summed E-state index contributed by atoms with van der Waals surface area (Å²) in [5.41, 5.74) is 0.982. The van der Waals surface area contributed by atoms with E-state index in [1.54, 1.807) is 21.3 Å². The van der Waals surface area contributed by atoms with E-state index < -0.39 is 0 Å². The number of halogens is 1. The molecule has 0 unspecified atom stereocenters. The molecule has 1 heterocycles. The van der Waals surface area contributed by atoms with Crippen molar-refractivity contribution in [3.63, 3.8) is 0 Å². The summed E-state index contributed by atoms with van der Waals surface area (Å²) in [4.78, 5) is 14.5. The van der Waals surface area contributed by atoms with Gasteiger partial charge in [0.05, 0.1) is 21.3 Å². The van der Waals surface area contributed by atoms with Crippen molar-refractivity contribution in [2.45, 2.75) is 19.3 Å². The molecule has 7 nitrogen and oxygen atoms in total. The number of carbonyl (C=O) groups is 1. The lowest BCUT2D eigenvalue weighted by Gasteiger charge is -2.27. The van der Waals surface area contributed by atoms with Crippen LogP contribution < -0.4 is 24.8 Å². The monoisotopic (exact) mass is 401 g/mol. The Balaban J connectivity index is 0.00000364. The van der Waals surface area contributed by atoms with Crippen molar-refractivity contribution >= 4 is 18.3 Å². The van der Waals surface area contributed by atoms with Gasteiger partial charge in [-0.2, -0.15) is 0 Å². The number of aryl methyl sites for hydroxylation is 1. The molecule has 1 aromatic rings. The molecule has 1 saturated heterocycles. The van der Waals surface area contributed by atoms with Crippen LogP contribution in [0.1, 0.15) is 18.4 Å². The summed E-state index contributed by atoms with van der Waals surface area (Å²) in [6, 6.07) is 3.78. The van der Waals surface area contributed by atoms with Crippen LogP contribution in [0.25, 0.3) is 0 Å². The molecular formula is C19H32ClN3O4. The Morgan fingerprint density at radius 3 is 2.30 bits per heavy atom. The Morgan fingerprint density at radius 2 is 1.74 bits per heavy atom. The number of nitrogens with zero attached hydrogens (tertiary/aromatic N) is 1. The molecule has 154 valence electrons. The third kappa shape index (κ3) is 7.44. The molecule has 1 aliphatic heterocycles. The van der Waals surface area contributed by atoms with E-state index in [9.17, 15) is 4.79 Å². The van der Waals surface area contributed by atoms with Crippen molar-refractivity contribution in [1.82, 2.24) is 15.5 Å². The topological polar surface area (TPSA) is 72.1 Å². The molecule has 1 amide bonds. The Kier molecular flexibility index (Phi) is 10.9. The number of hydrogen-bond acceptors (Lipinski definition) is 6. The average Bonchev–Trinajstić information content (AvgIpc) is 2.69. The molecule has 0 aromatic heterocycles. The van der Waals surface area contributed by atoms with Gasteiger partial charge in [-0.25, -0.2) is 0 Å². The summed E-state index contributed by atoms with van der Waals surface area (Å²) in [6.07, 6.45) is 2.04. The van der Waals surface area contributed by atoms with Gasteiger partial charge in [-0.1, -0.05) is 0 Å². The summed E-state index contributed by atoms with van der Waals surface area (Å²) in [5.74, 6) is 1.85. The lowest BCUT2D eigenvalue weighted by Crippen LogP contribution is -2.44. The molecule has 0 spiro atoms. The quantitative estimate of drug-likeness (QED) is 0.578. The van der Waals surface area contributed by atoms with Crippen LogP contribution >= 0.6 is 12.4 Å². The van der Waals surface area contributed by atoms with E-state index in [4.69, 9.17) is 14.2 Å². The maximum atomic E-state index is 12.1. The second kappa shape index (κ2) is 12.6. The van der Waals surface area contributed by atoms with Gasteiger partial charge in [0.2, 0.25) is 11.7 Å². The first-order valence-electron chi connectivity index (χ1n) is 9.16. The van der Waals surface area contributed by atoms with Crippen molar-refractivity contribution in [2.24, 2.45) is 0 Å². The highest BCUT2D eigenvalue weighted by Crippen LogP contribution is 2.38. The molecule has 8 heteroatoms. The van der Waals surface area contributed by atoms with Gasteiger partial charge in [-0.3, -0.25) is 4.79 Å². The normalized spacial score (nSPS) is 14.2. The zero-order valence-electron chi connectivity index (χ0n) is 16.5. The molecule has 0 atom stereocenters. The minimum atomic E-state index is 0. The second-order valence-corrected chi connectivity index (χ2v) is 6.33. The number of amides is 1. The Labute approximate surface area is 168 Å². The minimum Gasteiger partial charge on any atom is -0.493 e. The lowest BCUT2D eigenvalue weighted by molar-refractivity contribution is -0.121. The SMILES string of the molecule is COc1cc(CCC(=O)NCCCN2CCNCC2)cc(OC)c1OC.Cl. The van der Waals surface area contributed by atoms with Crippen molar-refractivity contribution in [3.8, 4) is 17.2 Å². The van der Waals surface area contributed by atoms with Gasteiger partial charge in [-0.15, -0.1) is 12.4 Å². The van der Waals surface area contributed by atoms with Crippen LogP contribution in [0.5, 0.6) is 17.2 Å².